The van der Waals surface area contributed by atoms with Crippen LogP contribution in [0.15, 0.2) is 76.8 Å². The molecule has 1 aliphatic heterocycles. The van der Waals surface area contributed by atoms with E-state index in [0.29, 0.717) is 40.1 Å². The van der Waals surface area contributed by atoms with Crippen LogP contribution in [0.3, 0.4) is 0 Å². The van der Waals surface area contributed by atoms with E-state index in [4.69, 9.17) is 4.98 Å². The molecule has 1 N–H and O–H groups in total. The van der Waals surface area contributed by atoms with Gasteiger partial charge >= 0.3 is 0 Å². The van der Waals surface area contributed by atoms with E-state index < -0.39 is 0 Å². The number of fused-ring (bicyclic) bond motifs is 2. The highest BCUT2D eigenvalue weighted by Gasteiger charge is 2.33. The molecule has 9 heteroatoms. The smallest absolute Gasteiger partial charge is 0.266 e. The van der Waals surface area contributed by atoms with Crippen LogP contribution in [0.25, 0.3) is 27.6 Å². The van der Waals surface area contributed by atoms with Crippen molar-refractivity contribution >= 4 is 27.8 Å². The molecule has 0 spiro atoms. The average Bonchev–Trinajstić information content (AvgIpc) is 3.34. The summed E-state index contributed by atoms with van der Waals surface area (Å²) in [6.07, 6.45) is 4.38. The first-order chi connectivity index (χ1) is 16.2. The number of H-pyrrole nitrogens is 1. The SMILES string of the molecule is O=c1[nH]cnc2ncnc(N3CCC[C@H]3c3nc4ccccc4c(=O)n3-c3ccccc3)c12. The van der Waals surface area contributed by atoms with Crippen LogP contribution in [0.2, 0.25) is 0 Å². The van der Waals surface area contributed by atoms with Gasteiger partial charge in [0.25, 0.3) is 11.1 Å². The largest absolute Gasteiger partial charge is 0.346 e. The van der Waals surface area contributed by atoms with Crippen LogP contribution in [0.1, 0.15) is 24.7 Å². The van der Waals surface area contributed by atoms with Crippen molar-refractivity contribution in [1.29, 1.82) is 0 Å². The van der Waals surface area contributed by atoms with Gasteiger partial charge in [0.15, 0.2) is 5.65 Å². The van der Waals surface area contributed by atoms with E-state index in [1.54, 1.807) is 10.6 Å². The number of para-hydroxylation sites is 2. The summed E-state index contributed by atoms with van der Waals surface area (Å²) in [5, 5.41) is 0.893. The van der Waals surface area contributed by atoms with Crippen molar-refractivity contribution in [1.82, 2.24) is 29.5 Å². The molecule has 0 aliphatic carbocycles. The van der Waals surface area contributed by atoms with Gasteiger partial charge in [0, 0.05) is 6.54 Å². The lowest BCUT2D eigenvalue weighted by atomic mass is 10.1. The zero-order chi connectivity index (χ0) is 22.4. The molecule has 9 nitrogen and oxygen atoms in total. The number of nitrogens with zero attached hydrogens (tertiary/aromatic N) is 6. The molecule has 5 aromatic rings. The second-order valence-corrected chi connectivity index (χ2v) is 7.94. The minimum atomic E-state index is -0.298. The number of rotatable bonds is 3. The molecule has 0 saturated carbocycles. The van der Waals surface area contributed by atoms with Crippen molar-refractivity contribution in [2.24, 2.45) is 0 Å². The van der Waals surface area contributed by atoms with Gasteiger partial charge in [-0.25, -0.2) is 19.9 Å². The molecule has 162 valence electrons. The van der Waals surface area contributed by atoms with E-state index in [9.17, 15) is 9.59 Å². The van der Waals surface area contributed by atoms with Crippen molar-refractivity contribution in [3.8, 4) is 5.69 Å². The van der Waals surface area contributed by atoms with Crippen LogP contribution >= 0.6 is 0 Å². The summed E-state index contributed by atoms with van der Waals surface area (Å²) in [7, 11) is 0. The highest BCUT2D eigenvalue weighted by molar-refractivity contribution is 5.86. The topological polar surface area (TPSA) is 110 Å². The highest BCUT2D eigenvalue weighted by Crippen LogP contribution is 2.36. The lowest BCUT2D eigenvalue weighted by Gasteiger charge is -2.28. The maximum absolute atomic E-state index is 13.6. The third kappa shape index (κ3) is 3.08. The summed E-state index contributed by atoms with van der Waals surface area (Å²) >= 11 is 0. The normalized spacial score (nSPS) is 16.0. The molecule has 0 amide bonds. The number of benzene rings is 2. The Bertz CT molecular complexity index is 1610. The van der Waals surface area contributed by atoms with Crippen LogP contribution in [0.4, 0.5) is 5.82 Å². The van der Waals surface area contributed by atoms with E-state index >= 15 is 0 Å². The van der Waals surface area contributed by atoms with Gasteiger partial charge < -0.3 is 9.88 Å². The third-order valence-electron chi connectivity index (χ3n) is 6.06. The zero-order valence-corrected chi connectivity index (χ0v) is 17.5. The van der Waals surface area contributed by atoms with Gasteiger partial charge in [0.2, 0.25) is 0 Å². The fraction of sp³-hybridized carbons (Fsp3) is 0.167. The van der Waals surface area contributed by atoms with Crippen LogP contribution < -0.4 is 16.0 Å². The minimum Gasteiger partial charge on any atom is -0.346 e. The minimum absolute atomic E-state index is 0.124. The fourth-order valence-corrected chi connectivity index (χ4v) is 4.60. The standard InChI is InChI=1S/C24H19N7O2/c32-23-19-20(26-14-28-23)25-13-27-22(19)30-12-6-11-18(30)21-29-17-10-5-4-9-16(17)24(33)31(21)15-7-2-1-3-8-15/h1-5,7-10,13-14,18H,6,11-12H2,(H,25,26,27,28,32)/t18-/m0/s1. The summed E-state index contributed by atoms with van der Waals surface area (Å²) in [5.41, 5.74) is 1.30. The molecule has 1 aliphatic rings. The quantitative estimate of drug-likeness (QED) is 0.462. The Morgan fingerprint density at radius 3 is 2.64 bits per heavy atom. The summed E-state index contributed by atoms with van der Waals surface area (Å²) in [6.45, 7) is 0.669. The van der Waals surface area contributed by atoms with Gasteiger partial charge in [0.05, 0.1) is 29.0 Å². The molecule has 33 heavy (non-hydrogen) atoms. The molecule has 0 radical (unpaired) electrons. The fourth-order valence-electron chi connectivity index (χ4n) is 4.60. The Kier molecular flexibility index (Phi) is 4.46. The maximum Gasteiger partial charge on any atom is 0.266 e. The summed E-state index contributed by atoms with van der Waals surface area (Å²) in [5.74, 6) is 1.12. The molecule has 0 unspecified atom stereocenters. The maximum atomic E-state index is 13.6. The summed E-state index contributed by atoms with van der Waals surface area (Å²) in [6, 6.07) is 16.6. The monoisotopic (exact) mass is 437 g/mol. The average molecular weight is 437 g/mol. The number of hydrogen-bond donors (Lipinski definition) is 1. The van der Waals surface area contributed by atoms with Gasteiger partial charge in [0.1, 0.15) is 23.4 Å². The van der Waals surface area contributed by atoms with Crippen LogP contribution in [0.5, 0.6) is 0 Å². The third-order valence-corrected chi connectivity index (χ3v) is 6.06. The predicted octanol–water partition coefficient (Wildman–Crippen LogP) is 2.75. The van der Waals surface area contributed by atoms with Gasteiger partial charge in [-0.15, -0.1) is 0 Å². The van der Waals surface area contributed by atoms with Crippen LogP contribution in [-0.2, 0) is 0 Å². The highest BCUT2D eigenvalue weighted by atomic mass is 16.1. The first kappa shape index (κ1) is 19.3. The molecule has 1 fully saturated rings. The molecule has 1 atom stereocenters. The molecule has 4 heterocycles. The van der Waals surface area contributed by atoms with E-state index in [2.05, 4.69) is 19.9 Å². The number of hydrogen-bond acceptors (Lipinski definition) is 7. The lowest BCUT2D eigenvalue weighted by molar-refractivity contribution is 0.634. The second-order valence-electron chi connectivity index (χ2n) is 7.94. The van der Waals surface area contributed by atoms with Crippen molar-refractivity contribution in [2.45, 2.75) is 18.9 Å². The predicted molar refractivity (Wildman–Crippen MR) is 125 cm³/mol. The number of nitrogens with one attached hydrogen (secondary N) is 1. The Morgan fingerprint density at radius 1 is 0.939 bits per heavy atom. The molecular weight excluding hydrogens is 418 g/mol. The number of anilines is 1. The Labute approximate surface area is 187 Å². The van der Waals surface area contributed by atoms with Crippen LogP contribution in [-0.4, -0.2) is 36.0 Å². The second kappa shape index (κ2) is 7.63. The van der Waals surface area contributed by atoms with Gasteiger partial charge in [-0.1, -0.05) is 30.3 Å². The van der Waals surface area contributed by atoms with Gasteiger partial charge in [-0.2, -0.15) is 0 Å². The van der Waals surface area contributed by atoms with E-state index in [0.717, 1.165) is 18.5 Å². The van der Waals surface area contributed by atoms with E-state index in [-0.39, 0.29) is 17.2 Å². The summed E-state index contributed by atoms with van der Waals surface area (Å²) in [4.78, 5) is 48.7. The molecular formula is C24H19N7O2. The van der Waals surface area contributed by atoms with Crippen molar-refractivity contribution in [3.05, 3.63) is 93.8 Å². The molecule has 2 aromatic carbocycles. The van der Waals surface area contributed by atoms with Crippen molar-refractivity contribution < 1.29 is 0 Å². The first-order valence-corrected chi connectivity index (χ1v) is 10.7. The Hall–Kier alpha value is -4.40. The number of aromatic amines is 1. The van der Waals surface area contributed by atoms with Crippen molar-refractivity contribution in [2.75, 3.05) is 11.4 Å². The van der Waals surface area contributed by atoms with Crippen molar-refractivity contribution in [3.63, 3.8) is 0 Å². The molecule has 0 bridgehead atoms. The van der Waals surface area contributed by atoms with Crippen LogP contribution in [0, 0.1) is 0 Å². The summed E-state index contributed by atoms with van der Waals surface area (Å²) < 4.78 is 1.68. The Morgan fingerprint density at radius 2 is 1.76 bits per heavy atom. The van der Waals surface area contributed by atoms with Gasteiger partial charge in [-0.3, -0.25) is 14.2 Å². The number of aromatic nitrogens is 6. The zero-order valence-electron chi connectivity index (χ0n) is 17.5. The Balaban J connectivity index is 1.61. The van der Waals surface area contributed by atoms with E-state index in [1.165, 1.54) is 12.7 Å². The van der Waals surface area contributed by atoms with Gasteiger partial charge in [-0.05, 0) is 37.1 Å². The molecule has 6 rings (SSSR count). The van der Waals surface area contributed by atoms with E-state index in [1.807, 2.05) is 53.4 Å². The first-order valence-electron chi connectivity index (χ1n) is 10.7. The molecule has 1 saturated heterocycles. The molecule has 3 aromatic heterocycles. The lowest BCUT2D eigenvalue weighted by Crippen LogP contribution is -2.32.